The van der Waals surface area contributed by atoms with E-state index in [2.05, 4.69) is 10.3 Å². The zero-order chi connectivity index (χ0) is 13.0. The predicted molar refractivity (Wildman–Crippen MR) is 65.4 cm³/mol. The molecule has 1 aromatic rings. The average Bonchev–Trinajstić information content (AvgIpc) is 2.38. The van der Waals surface area contributed by atoms with Gasteiger partial charge in [-0.25, -0.2) is 4.79 Å². The van der Waals surface area contributed by atoms with Gasteiger partial charge in [0.1, 0.15) is 0 Å². The molecular formula is C11H16N4O3. The summed E-state index contributed by atoms with van der Waals surface area (Å²) in [5.74, 6) is 0.0367. The van der Waals surface area contributed by atoms with Crippen LogP contribution in [0.1, 0.15) is 6.42 Å². The van der Waals surface area contributed by atoms with Crippen molar-refractivity contribution in [2.24, 2.45) is 0 Å². The molecule has 7 nitrogen and oxygen atoms in total. The SMILES string of the molecule is O=C(CCn1ccc(=O)[nH]c1=O)N1CCNCC1. The number of rotatable bonds is 3. The summed E-state index contributed by atoms with van der Waals surface area (Å²) < 4.78 is 1.33. The van der Waals surface area contributed by atoms with Gasteiger partial charge in [-0.05, 0) is 0 Å². The standard InChI is InChI=1S/C11H16N4O3/c16-9-1-5-15(11(18)13-9)6-2-10(17)14-7-3-12-4-8-14/h1,5,12H,2-4,6-8H2,(H,13,16,18). The van der Waals surface area contributed by atoms with Crippen LogP contribution in [0.5, 0.6) is 0 Å². The quantitative estimate of drug-likeness (QED) is 0.675. The Balaban J connectivity index is 1.92. The molecule has 1 amide bonds. The molecular weight excluding hydrogens is 236 g/mol. The first-order chi connectivity index (χ1) is 8.66. The fourth-order valence-electron chi connectivity index (χ4n) is 1.91. The molecule has 0 atom stereocenters. The van der Waals surface area contributed by atoms with Gasteiger partial charge in [-0.3, -0.25) is 14.6 Å². The average molecular weight is 252 g/mol. The van der Waals surface area contributed by atoms with E-state index in [1.807, 2.05) is 0 Å². The number of nitrogens with one attached hydrogen (secondary N) is 2. The molecule has 1 aromatic heterocycles. The van der Waals surface area contributed by atoms with Crippen LogP contribution >= 0.6 is 0 Å². The van der Waals surface area contributed by atoms with Crippen molar-refractivity contribution in [2.45, 2.75) is 13.0 Å². The molecule has 1 saturated heterocycles. The van der Waals surface area contributed by atoms with Crippen molar-refractivity contribution in [2.75, 3.05) is 26.2 Å². The summed E-state index contributed by atoms with van der Waals surface area (Å²) >= 11 is 0. The van der Waals surface area contributed by atoms with Crippen molar-refractivity contribution in [1.82, 2.24) is 19.8 Å². The zero-order valence-corrected chi connectivity index (χ0v) is 10.0. The van der Waals surface area contributed by atoms with Crippen LogP contribution in [-0.2, 0) is 11.3 Å². The Hall–Kier alpha value is -1.89. The summed E-state index contributed by atoms with van der Waals surface area (Å²) in [6, 6.07) is 1.27. The molecule has 18 heavy (non-hydrogen) atoms. The topological polar surface area (TPSA) is 87.2 Å². The maximum Gasteiger partial charge on any atom is 0.328 e. The van der Waals surface area contributed by atoms with E-state index in [-0.39, 0.29) is 12.3 Å². The molecule has 0 radical (unpaired) electrons. The number of hydrogen-bond acceptors (Lipinski definition) is 4. The van der Waals surface area contributed by atoms with E-state index >= 15 is 0 Å². The van der Waals surface area contributed by atoms with Crippen LogP contribution in [0, 0.1) is 0 Å². The summed E-state index contributed by atoms with van der Waals surface area (Å²) in [4.78, 5) is 38.1. The van der Waals surface area contributed by atoms with E-state index in [9.17, 15) is 14.4 Å². The first-order valence-corrected chi connectivity index (χ1v) is 5.95. The van der Waals surface area contributed by atoms with Crippen molar-refractivity contribution in [3.05, 3.63) is 33.1 Å². The minimum atomic E-state index is -0.476. The zero-order valence-electron chi connectivity index (χ0n) is 10.0. The fourth-order valence-corrected chi connectivity index (χ4v) is 1.91. The van der Waals surface area contributed by atoms with Crippen molar-refractivity contribution in [1.29, 1.82) is 0 Å². The number of aryl methyl sites for hydroxylation is 1. The molecule has 2 rings (SSSR count). The summed E-state index contributed by atoms with van der Waals surface area (Å²) in [6.45, 7) is 3.33. The molecule has 2 heterocycles. The molecule has 0 bridgehead atoms. The van der Waals surface area contributed by atoms with Crippen molar-refractivity contribution in [3.63, 3.8) is 0 Å². The first-order valence-electron chi connectivity index (χ1n) is 5.95. The lowest BCUT2D eigenvalue weighted by atomic mass is 10.3. The maximum absolute atomic E-state index is 11.9. The van der Waals surface area contributed by atoms with Crippen molar-refractivity contribution < 1.29 is 4.79 Å². The monoisotopic (exact) mass is 252 g/mol. The van der Waals surface area contributed by atoms with Gasteiger partial charge in [0.25, 0.3) is 5.56 Å². The van der Waals surface area contributed by atoms with E-state index in [4.69, 9.17) is 0 Å². The largest absolute Gasteiger partial charge is 0.340 e. The van der Waals surface area contributed by atoms with E-state index < -0.39 is 11.2 Å². The van der Waals surface area contributed by atoms with Gasteiger partial charge in [0.2, 0.25) is 5.91 Å². The lowest BCUT2D eigenvalue weighted by Crippen LogP contribution is -2.46. The van der Waals surface area contributed by atoms with Crippen LogP contribution in [-0.4, -0.2) is 46.5 Å². The van der Waals surface area contributed by atoms with Crippen LogP contribution in [0.2, 0.25) is 0 Å². The number of amides is 1. The molecule has 0 unspecified atom stereocenters. The molecule has 0 spiro atoms. The molecule has 0 aromatic carbocycles. The highest BCUT2D eigenvalue weighted by atomic mass is 16.2. The smallest absolute Gasteiger partial charge is 0.328 e. The van der Waals surface area contributed by atoms with Crippen LogP contribution < -0.4 is 16.6 Å². The van der Waals surface area contributed by atoms with Gasteiger partial charge in [0.05, 0.1) is 0 Å². The minimum Gasteiger partial charge on any atom is -0.340 e. The molecule has 1 fully saturated rings. The van der Waals surface area contributed by atoms with Crippen LogP contribution in [0.4, 0.5) is 0 Å². The van der Waals surface area contributed by atoms with E-state index in [1.165, 1.54) is 16.8 Å². The predicted octanol–water partition coefficient (Wildman–Crippen LogP) is -1.64. The molecule has 0 saturated carbocycles. The number of piperazine rings is 1. The number of H-pyrrole nitrogens is 1. The Kier molecular flexibility index (Phi) is 3.93. The molecule has 7 heteroatoms. The van der Waals surface area contributed by atoms with Gasteiger partial charge in [-0.2, -0.15) is 0 Å². The third-order valence-electron chi connectivity index (χ3n) is 2.93. The Morgan fingerprint density at radius 2 is 2.00 bits per heavy atom. The Labute approximate surface area is 103 Å². The van der Waals surface area contributed by atoms with Gasteiger partial charge in [-0.1, -0.05) is 0 Å². The summed E-state index contributed by atoms with van der Waals surface area (Å²) in [5.41, 5.74) is -0.903. The number of aromatic nitrogens is 2. The van der Waals surface area contributed by atoms with E-state index in [0.717, 1.165) is 13.1 Å². The highest BCUT2D eigenvalue weighted by molar-refractivity contribution is 5.76. The molecule has 0 aliphatic carbocycles. The van der Waals surface area contributed by atoms with E-state index in [1.54, 1.807) is 4.90 Å². The van der Waals surface area contributed by atoms with Crippen LogP contribution in [0.25, 0.3) is 0 Å². The molecule has 1 aliphatic rings. The van der Waals surface area contributed by atoms with Crippen LogP contribution in [0.3, 0.4) is 0 Å². The second-order valence-corrected chi connectivity index (χ2v) is 4.18. The third kappa shape index (κ3) is 3.07. The lowest BCUT2D eigenvalue weighted by Gasteiger charge is -2.27. The Morgan fingerprint density at radius 3 is 2.67 bits per heavy atom. The first kappa shape index (κ1) is 12.6. The van der Waals surface area contributed by atoms with E-state index in [0.29, 0.717) is 19.6 Å². The second kappa shape index (κ2) is 5.63. The van der Waals surface area contributed by atoms with Gasteiger partial charge >= 0.3 is 5.69 Å². The van der Waals surface area contributed by atoms with Crippen molar-refractivity contribution >= 4 is 5.91 Å². The summed E-state index contributed by atoms with van der Waals surface area (Å²) in [5, 5.41) is 3.17. The van der Waals surface area contributed by atoms with Gasteiger partial charge in [0, 0.05) is 51.4 Å². The number of carbonyl (C=O) groups excluding carboxylic acids is 1. The summed E-state index contributed by atoms with van der Waals surface area (Å²) in [7, 11) is 0. The van der Waals surface area contributed by atoms with Gasteiger partial charge in [-0.15, -0.1) is 0 Å². The highest BCUT2D eigenvalue weighted by Crippen LogP contribution is 1.98. The third-order valence-corrected chi connectivity index (χ3v) is 2.93. The number of aromatic amines is 1. The van der Waals surface area contributed by atoms with Crippen molar-refractivity contribution in [3.8, 4) is 0 Å². The Morgan fingerprint density at radius 1 is 1.28 bits per heavy atom. The number of nitrogens with zero attached hydrogens (tertiary/aromatic N) is 2. The normalized spacial score (nSPS) is 15.7. The maximum atomic E-state index is 11.9. The van der Waals surface area contributed by atoms with Crippen LogP contribution in [0.15, 0.2) is 21.9 Å². The molecule has 2 N–H and O–H groups in total. The Bertz CT molecular complexity index is 528. The molecule has 98 valence electrons. The number of hydrogen-bond donors (Lipinski definition) is 2. The van der Waals surface area contributed by atoms with Gasteiger partial charge in [0.15, 0.2) is 0 Å². The lowest BCUT2D eigenvalue weighted by molar-refractivity contribution is -0.132. The second-order valence-electron chi connectivity index (χ2n) is 4.18. The fraction of sp³-hybridized carbons (Fsp3) is 0.545. The van der Waals surface area contributed by atoms with Gasteiger partial charge < -0.3 is 14.8 Å². The number of carbonyl (C=O) groups is 1. The highest BCUT2D eigenvalue weighted by Gasteiger charge is 2.15. The minimum absolute atomic E-state index is 0.0367. The molecule has 1 aliphatic heterocycles. The summed E-state index contributed by atoms with van der Waals surface area (Å²) in [6.07, 6.45) is 1.68.